The van der Waals surface area contributed by atoms with Crippen molar-refractivity contribution >= 4 is 11.9 Å². The molecule has 0 aliphatic rings. The molecule has 0 aliphatic carbocycles. The lowest BCUT2D eigenvalue weighted by Gasteiger charge is -2.06. The molecule has 0 aliphatic heterocycles. The molecule has 0 saturated heterocycles. The maximum atomic E-state index is 12.0. The predicted molar refractivity (Wildman–Crippen MR) is 111 cm³/mol. The van der Waals surface area contributed by atoms with Crippen LogP contribution in [0.5, 0.6) is 5.75 Å². The Balaban J connectivity index is 1.56. The first-order valence-electron chi connectivity index (χ1n) is 10.2. The molecule has 2 aromatic rings. The van der Waals surface area contributed by atoms with Gasteiger partial charge in [-0.2, -0.15) is 0 Å². The fourth-order valence-electron chi connectivity index (χ4n) is 3.01. The first kappa shape index (κ1) is 21.7. The lowest BCUT2D eigenvalue weighted by atomic mass is 10.1. The fraction of sp³-hybridized carbons (Fsp3) is 0.417. The molecule has 2 aromatic carbocycles. The van der Waals surface area contributed by atoms with E-state index < -0.39 is 0 Å². The second-order valence-corrected chi connectivity index (χ2v) is 6.79. The summed E-state index contributed by atoms with van der Waals surface area (Å²) in [4.78, 5) is 23.2. The summed E-state index contributed by atoms with van der Waals surface area (Å²) in [5, 5.41) is 0. The van der Waals surface area contributed by atoms with Crippen LogP contribution in [0.1, 0.15) is 58.3 Å². The van der Waals surface area contributed by atoms with Crippen LogP contribution < -0.4 is 4.74 Å². The molecule has 2 rings (SSSR count). The second kappa shape index (κ2) is 12.7. The van der Waals surface area contributed by atoms with Crippen LogP contribution in [0, 0.1) is 0 Å². The van der Waals surface area contributed by atoms with Crippen molar-refractivity contribution in [2.45, 2.75) is 58.3 Å². The molecule has 4 nitrogen and oxygen atoms in total. The standard InChI is InChI=1S/C24H30O4/c1-2-27-23(25)14-10-5-3-4-6-11-15-24(26)28-22-18-16-21(17-19-22)20-12-8-7-9-13-20/h7-9,12-13,16-19H,2-6,10-11,14-15H2,1H3. The third kappa shape index (κ3) is 8.38. The van der Waals surface area contributed by atoms with Gasteiger partial charge in [-0.05, 0) is 43.0 Å². The average Bonchev–Trinajstić information content (AvgIpc) is 2.71. The van der Waals surface area contributed by atoms with E-state index in [1.54, 1.807) is 0 Å². The molecular weight excluding hydrogens is 352 g/mol. The van der Waals surface area contributed by atoms with Crippen molar-refractivity contribution in [1.29, 1.82) is 0 Å². The molecule has 0 radical (unpaired) electrons. The Morgan fingerprint density at radius 2 is 1.21 bits per heavy atom. The van der Waals surface area contributed by atoms with E-state index in [0.717, 1.165) is 49.7 Å². The minimum absolute atomic E-state index is 0.109. The number of carbonyl (C=O) groups excluding carboxylic acids is 2. The lowest BCUT2D eigenvalue weighted by molar-refractivity contribution is -0.143. The number of esters is 2. The summed E-state index contributed by atoms with van der Waals surface area (Å²) < 4.78 is 10.3. The molecule has 0 bridgehead atoms. The van der Waals surface area contributed by atoms with Crippen LogP contribution in [-0.2, 0) is 14.3 Å². The molecule has 4 heteroatoms. The molecule has 0 fully saturated rings. The van der Waals surface area contributed by atoms with Crippen molar-refractivity contribution in [3.63, 3.8) is 0 Å². The lowest BCUT2D eigenvalue weighted by Crippen LogP contribution is -2.07. The highest BCUT2D eigenvalue weighted by Gasteiger charge is 2.06. The topological polar surface area (TPSA) is 52.6 Å². The SMILES string of the molecule is CCOC(=O)CCCCCCCCC(=O)Oc1ccc(-c2ccccc2)cc1. The minimum Gasteiger partial charge on any atom is -0.466 e. The second-order valence-electron chi connectivity index (χ2n) is 6.79. The number of ether oxygens (including phenoxy) is 2. The Morgan fingerprint density at radius 3 is 1.82 bits per heavy atom. The van der Waals surface area contributed by atoms with Crippen molar-refractivity contribution in [3.8, 4) is 16.9 Å². The smallest absolute Gasteiger partial charge is 0.311 e. The van der Waals surface area contributed by atoms with Gasteiger partial charge in [-0.1, -0.05) is 68.1 Å². The number of benzene rings is 2. The van der Waals surface area contributed by atoms with Crippen molar-refractivity contribution in [1.82, 2.24) is 0 Å². The molecule has 0 unspecified atom stereocenters. The zero-order valence-corrected chi connectivity index (χ0v) is 16.7. The van der Waals surface area contributed by atoms with Crippen molar-refractivity contribution in [3.05, 3.63) is 54.6 Å². The monoisotopic (exact) mass is 382 g/mol. The largest absolute Gasteiger partial charge is 0.466 e. The molecule has 0 amide bonds. The summed E-state index contributed by atoms with van der Waals surface area (Å²) in [5.74, 6) is 0.292. The first-order chi connectivity index (χ1) is 13.7. The Labute approximate surface area is 167 Å². The van der Waals surface area contributed by atoms with Crippen LogP contribution in [0.4, 0.5) is 0 Å². The number of rotatable bonds is 12. The molecule has 0 N–H and O–H groups in total. The van der Waals surface area contributed by atoms with Gasteiger partial charge in [0.05, 0.1) is 6.61 Å². The van der Waals surface area contributed by atoms with E-state index in [4.69, 9.17) is 9.47 Å². The highest BCUT2D eigenvalue weighted by Crippen LogP contribution is 2.22. The molecule has 0 aromatic heterocycles. The van der Waals surface area contributed by atoms with Gasteiger partial charge < -0.3 is 9.47 Å². The van der Waals surface area contributed by atoms with Gasteiger partial charge in [0.1, 0.15) is 5.75 Å². The minimum atomic E-state index is -0.185. The Hall–Kier alpha value is -2.62. The number of hydrogen-bond acceptors (Lipinski definition) is 4. The molecule has 0 saturated carbocycles. The van der Waals surface area contributed by atoms with E-state index in [-0.39, 0.29) is 11.9 Å². The van der Waals surface area contributed by atoms with Gasteiger partial charge in [0.15, 0.2) is 0 Å². The molecule has 0 heterocycles. The van der Waals surface area contributed by atoms with E-state index in [2.05, 4.69) is 12.1 Å². The van der Waals surface area contributed by atoms with Gasteiger partial charge in [0, 0.05) is 12.8 Å². The fourth-order valence-corrected chi connectivity index (χ4v) is 3.01. The quantitative estimate of drug-likeness (QED) is 0.259. The molecule has 0 atom stereocenters. The maximum absolute atomic E-state index is 12.0. The number of unbranched alkanes of at least 4 members (excludes halogenated alkanes) is 5. The van der Waals surface area contributed by atoms with E-state index in [0.29, 0.717) is 25.2 Å². The zero-order chi connectivity index (χ0) is 20.0. The molecular formula is C24H30O4. The van der Waals surface area contributed by atoms with Crippen LogP contribution >= 0.6 is 0 Å². The Kier molecular flexibility index (Phi) is 9.84. The van der Waals surface area contributed by atoms with Gasteiger partial charge in [-0.25, -0.2) is 0 Å². The summed E-state index contributed by atoms with van der Waals surface area (Å²) in [6, 6.07) is 17.7. The average molecular weight is 382 g/mol. The molecule has 150 valence electrons. The van der Waals surface area contributed by atoms with Crippen LogP contribution in [0.15, 0.2) is 54.6 Å². The third-order valence-electron chi connectivity index (χ3n) is 4.51. The summed E-state index contributed by atoms with van der Waals surface area (Å²) in [6.07, 6.45) is 6.82. The zero-order valence-electron chi connectivity index (χ0n) is 16.7. The van der Waals surface area contributed by atoms with E-state index >= 15 is 0 Å². The predicted octanol–water partition coefficient (Wildman–Crippen LogP) is 5.94. The highest BCUT2D eigenvalue weighted by atomic mass is 16.5. The van der Waals surface area contributed by atoms with Gasteiger partial charge >= 0.3 is 11.9 Å². The summed E-state index contributed by atoms with van der Waals surface area (Å²) in [6.45, 7) is 2.27. The Bertz CT molecular complexity index is 707. The van der Waals surface area contributed by atoms with Crippen molar-refractivity contribution < 1.29 is 19.1 Å². The molecule has 0 spiro atoms. The Morgan fingerprint density at radius 1 is 0.679 bits per heavy atom. The normalized spacial score (nSPS) is 10.5. The van der Waals surface area contributed by atoms with E-state index in [9.17, 15) is 9.59 Å². The van der Waals surface area contributed by atoms with Crippen LogP contribution in [0.25, 0.3) is 11.1 Å². The first-order valence-corrected chi connectivity index (χ1v) is 10.2. The van der Waals surface area contributed by atoms with Crippen molar-refractivity contribution in [2.24, 2.45) is 0 Å². The van der Waals surface area contributed by atoms with E-state index in [1.165, 1.54) is 0 Å². The van der Waals surface area contributed by atoms with Gasteiger partial charge in [-0.15, -0.1) is 0 Å². The summed E-state index contributed by atoms with van der Waals surface area (Å²) >= 11 is 0. The van der Waals surface area contributed by atoms with Crippen LogP contribution in [-0.4, -0.2) is 18.5 Å². The van der Waals surface area contributed by atoms with Gasteiger partial charge in [-0.3, -0.25) is 9.59 Å². The maximum Gasteiger partial charge on any atom is 0.311 e. The van der Waals surface area contributed by atoms with Crippen LogP contribution in [0.2, 0.25) is 0 Å². The number of carbonyl (C=O) groups is 2. The summed E-state index contributed by atoms with van der Waals surface area (Å²) in [5.41, 5.74) is 2.24. The highest BCUT2D eigenvalue weighted by molar-refractivity contribution is 5.73. The van der Waals surface area contributed by atoms with Crippen LogP contribution in [0.3, 0.4) is 0 Å². The molecule has 28 heavy (non-hydrogen) atoms. The van der Waals surface area contributed by atoms with E-state index in [1.807, 2.05) is 49.4 Å². The van der Waals surface area contributed by atoms with Crippen molar-refractivity contribution in [2.75, 3.05) is 6.61 Å². The van der Waals surface area contributed by atoms with Gasteiger partial charge in [0.2, 0.25) is 0 Å². The number of hydrogen-bond donors (Lipinski definition) is 0. The van der Waals surface area contributed by atoms with Gasteiger partial charge in [0.25, 0.3) is 0 Å². The summed E-state index contributed by atoms with van der Waals surface area (Å²) in [7, 11) is 0. The third-order valence-corrected chi connectivity index (χ3v) is 4.51.